The zero-order valence-electron chi connectivity index (χ0n) is 8.25. The van der Waals surface area contributed by atoms with Crippen molar-refractivity contribution >= 4 is 55.4 Å². The highest BCUT2D eigenvalue weighted by Crippen LogP contribution is 2.26. The Labute approximate surface area is 119 Å². The molecule has 1 aromatic heterocycles. The lowest BCUT2D eigenvalue weighted by Gasteiger charge is -1.95. The fraction of sp³-hybridized carbons (Fsp3) is 0. The first kappa shape index (κ1) is 12.8. The summed E-state index contributed by atoms with van der Waals surface area (Å²) < 4.78 is 19.6. The molecule has 1 heterocycles. The van der Waals surface area contributed by atoms with Gasteiger partial charge in [0.2, 0.25) is 0 Å². The number of hydrogen-bond acceptors (Lipinski definition) is 2. The van der Waals surface area contributed by atoms with Gasteiger partial charge in [-0.1, -0.05) is 11.6 Å². The van der Waals surface area contributed by atoms with Crippen molar-refractivity contribution in [1.82, 2.24) is 0 Å². The molecule has 0 aliphatic carbocycles. The molecule has 2 aromatic rings. The second-order valence-electron chi connectivity index (χ2n) is 3.13. The maximum atomic E-state index is 12.9. The van der Waals surface area contributed by atoms with Crippen molar-refractivity contribution in [1.29, 1.82) is 0 Å². The minimum Gasteiger partial charge on any atom is -0.447 e. The monoisotopic (exact) mass is 379 g/mol. The van der Waals surface area contributed by atoms with Gasteiger partial charge in [-0.05, 0) is 50.1 Å². The molecule has 2 rings (SSSR count). The van der Waals surface area contributed by atoms with Crippen LogP contribution in [0.5, 0.6) is 0 Å². The van der Waals surface area contributed by atoms with Crippen LogP contribution < -0.4 is 0 Å². The number of aliphatic imine (C=N–C) groups is 1. The summed E-state index contributed by atoms with van der Waals surface area (Å²) in [7, 11) is 0. The molecule has 0 aliphatic rings. The van der Waals surface area contributed by atoms with Gasteiger partial charge >= 0.3 is 0 Å². The molecule has 88 valence electrons. The summed E-state index contributed by atoms with van der Waals surface area (Å²) in [6, 6.07) is 6.01. The van der Waals surface area contributed by atoms with Crippen molar-refractivity contribution in [2.24, 2.45) is 4.99 Å². The van der Waals surface area contributed by atoms with Gasteiger partial charge < -0.3 is 4.42 Å². The molecule has 0 saturated carbocycles. The minimum atomic E-state index is -0.464. The maximum Gasteiger partial charge on any atom is 0.184 e. The predicted octanol–water partition coefficient (Wildman–Crippen LogP) is 5.35. The van der Waals surface area contributed by atoms with Gasteiger partial charge in [-0.3, -0.25) is 4.99 Å². The standard InChI is InChI=1S/C11H5Br2ClFNO/c12-8-4-7(17-11(8)13)5-16-6-1-2-10(15)9(14)3-6/h1-5H. The van der Waals surface area contributed by atoms with Crippen molar-refractivity contribution < 1.29 is 8.81 Å². The fourth-order valence-electron chi connectivity index (χ4n) is 1.13. The molecule has 0 saturated heterocycles. The maximum absolute atomic E-state index is 12.9. The summed E-state index contributed by atoms with van der Waals surface area (Å²) in [4.78, 5) is 4.12. The highest BCUT2D eigenvalue weighted by molar-refractivity contribution is 9.13. The van der Waals surface area contributed by atoms with E-state index >= 15 is 0 Å². The van der Waals surface area contributed by atoms with Crippen LogP contribution in [0.4, 0.5) is 10.1 Å². The molecule has 0 amide bonds. The summed E-state index contributed by atoms with van der Waals surface area (Å²) in [5.74, 6) is 0.110. The Morgan fingerprint density at radius 3 is 2.65 bits per heavy atom. The van der Waals surface area contributed by atoms with Crippen LogP contribution in [-0.4, -0.2) is 6.21 Å². The molecule has 0 atom stereocenters. The van der Waals surface area contributed by atoms with E-state index in [1.807, 2.05) is 0 Å². The van der Waals surface area contributed by atoms with Gasteiger partial charge in [-0.25, -0.2) is 4.39 Å². The van der Waals surface area contributed by atoms with E-state index in [-0.39, 0.29) is 5.02 Å². The quantitative estimate of drug-likeness (QED) is 0.644. The average Bonchev–Trinajstić information content (AvgIpc) is 2.60. The smallest absolute Gasteiger partial charge is 0.184 e. The van der Waals surface area contributed by atoms with Crippen LogP contribution in [0.15, 0.2) is 42.8 Å². The Morgan fingerprint density at radius 1 is 1.29 bits per heavy atom. The van der Waals surface area contributed by atoms with Gasteiger partial charge in [-0.2, -0.15) is 0 Å². The van der Waals surface area contributed by atoms with Crippen molar-refractivity contribution in [2.45, 2.75) is 0 Å². The van der Waals surface area contributed by atoms with Gasteiger partial charge in [0, 0.05) is 6.07 Å². The molecule has 1 aromatic carbocycles. The van der Waals surface area contributed by atoms with Crippen LogP contribution >= 0.6 is 43.5 Å². The van der Waals surface area contributed by atoms with Crippen molar-refractivity contribution in [3.63, 3.8) is 0 Å². The molecule has 2 nitrogen and oxygen atoms in total. The Balaban J connectivity index is 2.22. The molecule has 0 bridgehead atoms. The molecule has 17 heavy (non-hydrogen) atoms. The first-order valence-electron chi connectivity index (χ1n) is 4.50. The predicted molar refractivity (Wildman–Crippen MR) is 72.8 cm³/mol. The van der Waals surface area contributed by atoms with Crippen LogP contribution in [0.1, 0.15) is 5.76 Å². The third-order valence-electron chi connectivity index (χ3n) is 1.91. The zero-order chi connectivity index (χ0) is 12.4. The number of rotatable bonds is 2. The average molecular weight is 381 g/mol. The van der Waals surface area contributed by atoms with Gasteiger partial charge in [0.05, 0.1) is 21.4 Å². The van der Waals surface area contributed by atoms with Gasteiger partial charge in [0.15, 0.2) is 4.67 Å². The first-order chi connectivity index (χ1) is 8.06. The van der Waals surface area contributed by atoms with E-state index in [2.05, 4.69) is 36.9 Å². The lowest BCUT2D eigenvalue weighted by atomic mass is 10.3. The van der Waals surface area contributed by atoms with Crippen molar-refractivity contribution in [3.8, 4) is 0 Å². The van der Waals surface area contributed by atoms with Crippen LogP contribution in [0, 0.1) is 5.82 Å². The van der Waals surface area contributed by atoms with Gasteiger partial charge in [-0.15, -0.1) is 0 Å². The second-order valence-corrected chi connectivity index (χ2v) is 5.11. The molecule has 0 fully saturated rings. The molecular formula is C11H5Br2ClFNO. The summed E-state index contributed by atoms with van der Waals surface area (Å²) in [5, 5.41) is 0.0430. The number of hydrogen-bond donors (Lipinski definition) is 0. The molecule has 0 N–H and O–H groups in total. The lowest BCUT2D eigenvalue weighted by molar-refractivity contribution is 0.533. The van der Waals surface area contributed by atoms with E-state index in [4.69, 9.17) is 16.0 Å². The van der Waals surface area contributed by atoms with Crippen LogP contribution in [0.2, 0.25) is 5.02 Å². The summed E-state index contributed by atoms with van der Waals surface area (Å²) >= 11 is 12.1. The molecule has 6 heteroatoms. The van der Waals surface area contributed by atoms with E-state index in [1.165, 1.54) is 24.4 Å². The van der Waals surface area contributed by atoms with Crippen molar-refractivity contribution in [2.75, 3.05) is 0 Å². The highest BCUT2D eigenvalue weighted by atomic mass is 79.9. The topological polar surface area (TPSA) is 25.5 Å². The van der Waals surface area contributed by atoms with Crippen LogP contribution in [-0.2, 0) is 0 Å². The van der Waals surface area contributed by atoms with E-state index < -0.39 is 5.82 Å². The SMILES string of the molecule is Fc1ccc(N=Cc2cc(Br)c(Br)o2)cc1Cl. The third-order valence-corrected chi connectivity index (χ3v) is 3.91. The second kappa shape index (κ2) is 5.33. The number of nitrogens with zero attached hydrogens (tertiary/aromatic N) is 1. The third kappa shape index (κ3) is 3.18. The van der Waals surface area contributed by atoms with E-state index in [0.29, 0.717) is 16.1 Å². The number of benzene rings is 1. The van der Waals surface area contributed by atoms with Crippen LogP contribution in [0.3, 0.4) is 0 Å². The van der Waals surface area contributed by atoms with Gasteiger partial charge in [0.25, 0.3) is 0 Å². The minimum absolute atomic E-state index is 0.0430. The van der Waals surface area contributed by atoms with E-state index in [1.54, 1.807) is 6.07 Å². The fourth-order valence-corrected chi connectivity index (χ4v) is 1.91. The summed E-state index contributed by atoms with van der Waals surface area (Å²) in [6.07, 6.45) is 1.53. The Bertz CT molecular complexity index is 563. The van der Waals surface area contributed by atoms with E-state index in [0.717, 1.165) is 4.47 Å². The number of furan rings is 1. The van der Waals surface area contributed by atoms with E-state index in [9.17, 15) is 4.39 Å². The van der Waals surface area contributed by atoms with Crippen molar-refractivity contribution in [3.05, 3.63) is 50.0 Å². The highest BCUT2D eigenvalue weighted by Gasteiger charge is 2.04. The molecule has 0 spiro atoms. The summed E-state index contributed by atoms with van der Waals surface area (Å²) in [6.45, 7) is 0. The Hall–Kier alpha value is -0.650. The Kier molecular flexibility index (Phi) is 4.01. The molecule has 0 unspecified atom stereocenters. The number of halogens is 4. The molecule has 0 aliphatic heterocycles. The summed E-state index contributed by atoms with van der Waals surface area (Å²) in [5.41, 5.74) is 0.556. The molecular weight excluding hydrogens is 376 g/mol. The first-order valence-corrected chi connectivity index (χ1v) is 6.46. The molecule has 0 radical (unpaired) electrons. The Morgan fingerprint density at radius 2 is 2.06 bits per heavy atom. The van der Waals surface area contributed by atoms with Crippen LogP contribution in [0.25, 0.3) is 0 Å². The van der Waals surface area contributed by atoms with Gasteiger partial charge in [0.1, 0.15) is 11.6 Å². The largest absolute Gasteiger partial charge is 0.447 e. The zero-order valence-corrected chi connectivity index (χ0v) is 12.2. The normalized spacial score (nSPS) is 11.3. The lowest BCUT2D eigenvalue weighted by Crippen LogP contribution is -1.77.